The molecule has 0 saturated heterocycles. The normalized spacial score (nSPS) is 13.5. The molecular formula is C20H19FN4O2S. The molecule has 0 unspecified atom stereocenters. The fraction of sp³-hybridized carbons (Fsp3) is 0.250. The molecule has 2 amide bonds. The van der Waals surface area contributed by atoms with E-state index in [0.717, 1.165) is 25.7 Å². The zero-order chi connectivity index (χ0) is 19.5. The molecule has 8 heteroatoms. The van der Waals surface area contributed by atoms with E-state index in [4.69, 9.17) is 0 Å². The average molecular weight is 398 g/mol. The van der Waals surface area contributed by atoms with Crippen molar-refractivity contribution < 1.29 is 14.0 Å². The summed E-state index contributed by atoms with van der Waals surface area (Å²) in [5.74, 6) is -1.20. The Morgan fingerprint density at radius 1 is 1.00 bits per heavy atom. The number of nitrogens with one attached hydrogen (secondary N) is 2. The molecule has 0 fully saturated rings. The van der Waals surface area contributed by atoms with Crippen LogP contribution in [0.25, 0.3) is 5.69 Å². The number of amides is 2. The van der Waals surface area contributed by atoms with Crippen molar-refractivity contribution in [2.75, 3.05) is 0 Å². The van der Waals surface area contributed by atoms with Gasteiger partial charge in [-0.25, -0.2) is 9.07 Å². The monoisotopic (exact) mass is 398 g/mol. The van der Waals surface area contributed by atoms with Crippen molar-refractivity contribution >= 4 is 23.2 Å². The Kier molecular flexibility index (Phi) is 5.21. The highest BCUT2D eigenvalue weighted by molar-refractivity contribution is 7.14. The van der Waals surface area contributed by atoms with E-state index in [1.54, 1.807) is 18.3 Å². The summed E-state index contributed by atoms with van der Waals surface area (Å²) >= 11 is 1.49. The molecule has 0 bridgehead atoms. The molecule has 6 nitrogen and oxygen atoms in total. The van der Waals surface area contributed by atoms with E-state index in [1.165, 1.54) is 51.1 Å². The predicted molar refractivity (Wildman–Crippen MR) is 104 cm³/mol. The first kappa shape index (κ1) is 18.4. The van der Waals surface area contributed by atoms with Crippen LogP contribution in [0.2, 0.25) is 0 Å². The van der Waals surface area contributed by atoms with Crippen LogP contribution in [0.1, 0.15) is 49.9 Å². The van der Waals surface area contributed by atoms with E-state index in [-0.39, 0.29) is 17.4 Å². The molecular weight excluding hydrogens is 379 g/mol. The summed E-state index contributed by atoms with van der Waals surface area (Å²) in [6.45, 7) is 0. The average Bonchev–Trinajstić information content (AvgIpc) is 3.29. The van der Waals surface area contributed by atoms with Crippen LogP contribution < -0.4 is 10.9 Å². The molecule has 1 aromatic carbocycles. The molecule has 2 heterocycles. The molecule has 0 aliphatic heterocycles. The number of nitrogens with zero attached hydrogens (tertiary/aromatic N) is 2. The molecule has 144 valence electrons. The first-order chi connectivity index (χ1) is 13.6. The number of fused-ring (bicyclic) bond motifs is 1. The SMILES string of the molecule is O=C(NNC(=O)c1cc2c(s1)CCCCC2)c1ccn(-c2ccc(F)cc2)n1. The largest absolute Gasteiger partial charge is 0.290 e. The van der Waals surface area contributed by atoms with Crippen molar-refractivity contribution in [3.05, 3.63) is 69.4 Å². The minimum atomic E-state index is -0.521. The van der Waals surface area contributed by atoms with Gasteiger partial charge in [0.05, 0.1) is 10.6 Å². The van der Waals surface area contributed by atoms with Crippen LogP contribution in [0, 0.1) is 5.82 Å². The van der Waals surface area contributed by atoms with Crippen LogP contribution in [-0.4, -0.2) is 21.6 Å². The Morgan fingerprint density at radius 3 is 2.57 bits per heavy atom. The third kappa shape index (κ3) is 3.96. The molecule has 0 radical (unpaired) electrons. The predicted octanol–water partition coefficient (Wildman–Crippen LogP) is 3.42. The van der Waals surface area contributed by atoms with E-state index in [2.05, 4.69) is 16.0 Å². The molecule has 0 spiro atoms. The van der Waals surface area contributed by atoms with Crippen LogP contribution in [0.5, 0.6) is 0 Å². The minimum absolute atomic E-state index is 0.145. The lowest BCUT2D eigenvalue weighted by Gasteiger charge is -2.04. The summed E-state index contributed by atoms with van der Waals surface area (Å²) < 4.78 is 14.5. The van der Waals surface area contributed by atoms with E-state index < -0.39 is 5.91 Å². The number of rotatable bonds is 3. The highest BCUT2D eigenvalue weighted by atomic mass is 32.1. The van der Waals surface area contributed by atoms with Gasteiger partial charge in [-0.2, -0.15) is 5.10 Å². The van der Waals surface area contributed by atoms with Crippen molar-refractivity contribution in [1.29, 1.82) is 0 Å². The molecule has 4 rings (SSSR count). The molecule has 0 saturated carbocycles. The number of hydrogen-bond acceptors (Lipinski definition) is 4. The lowest BCUT2D eigenvalue weighted by Crippen LogP contribution is -2.41. The minimum Gasteiger partial charge on any atom is -0.266 e. The maximum atomic E-state index is 13.0. The number of halogens is 1. The summed E-state index contributed by atoms with van der Waals surface area (Å²) in [6.07, 6.45) is 7.15. The fourth-order valence-corrected chi connectivity index (χ4v) is 4.35. The maximum absolute atomic E-state index is 13.0. The standard InChI is InChI=1S/C20H19FN4O2S/c21-14-6-8-15(9-7-14)25-11-10-16(24-25)19(26)22-23-20(27)18-12-13-4-2-1-3-5-17(13)28-18/h6-12H,1-5H2,(H,22,26)(H,23,27). The maximum Gasteiger partial charge on any atom is 0.290 e. The number of aryl methyl sites for hydroxylation is 2. The summed E-state index contributed by atoms with van der Waals surface area (Å²) in [5, 5.41) is 4.16. The van der Waals surface area contributed by atoms with Crippen LogP contribution >= 0.6 is 11.3 Å². The second-order valence-electron chi connectivity index (χ2n) is 6.65. The summed E-state index contributed by atoms with van der Waals surface area (Å²) in [6, 6.07) is 9.21. The second-order valence-corrected chi connectivity index (χ2v) is 7.79. The van der Waals surface area contributed by atoms with Gasteiger partial charge in [-0.15, -0.1) is 11.3 Å². The summed E-state index contributed by atoms with van der Waals surface area (Å²) in [7, 11) is 0. The highest BCUT2D eigenvalue weighted by Crippen LogP contribution is 2.28. The smallest absolute Gasteiger partial charge is 0.266 e. The van der Waals surface area contributed by atoms with Gasteiger partial charge in [-0.1, -0.05) is 6.42 Å². The van der Waals surface area contributed by atoms with Crippen molar-refractivity contribution in [3.63, 3.8) is 0 Å². The first-order valence-electron chi connectivity index (χ1n) is 9.14. The van der Waals surface area contributed by atoms with Gasteiger partial charge < -0.3 is 0 Å². The van der Waals surface area contributed by atoms with Crippen molar-refractivity contribution in [3.8, 4) is 5.69 Å². The van der Waals surface area contributed by atoms with Crippen molar-refractivity contribution in [2.24, 2.45) is 0 Å². The Labute approximate surface area is 165 Å². The lowest BCUT2D eigenvalue weighted by molar-refractivity contribution is 0.0846. The summed E-state index contributed by atoms with van der Waals surface area (Å²) in [4.78, 5) is 26.5. The van der Waals surface area contributed by atoms with E-state index in [9.17, 15) is 14.0 Å². The molecule has 2 aromatic heterocycles. The molecule has 3 aromatic rings. The number of hydrogen-bond donors (Lipinski definition) is 2. The lowest BCUT2D eigenvalue weighted by atomic mass is 10.1. The number of carbonyl (C=O) groups excluding carboxylic acids is 2. The van der Waals surface area contributed by atoms with Gasteiger partial charge >= 0.3 is 0 Å². The Hall–Kier alpha value is -3.00. The molecule has 0 atom stereocenters. The van der Waals surface area contributed by atoms with Gasteiger partial charge in [0.1, 0.15) is 5.82 Å². The van der Waals surface area contributed by atoms with Crippen LogP contribution in [0.3, 0.4) is 0 Å². The number of hydrazine groups is 1. The highest BCUT2D eigenvalue weighted by Gasteiger charge is 2.17. The fourth-order valence-electron chi connectivity index (χ4n) is 3.20. The van der Waals surface area contributed by atoms with Crippen LogP contribution in [0.4, 0.5) is 4.39 Å². The molecule has 1 aliphatic carbocycles. The number of aromatic nitrogens is 2. The topological polar surface area (TPSA) is 76.0 Å². The van der Waals surface area contributed by atoms with Crippen LogP contribution in [-0.2, 0) is 12.8 Å². The Morgan fingerprint density at radius 2 is 1.75 bits per heavy atom. The van der Waals surface area contributed by atoms with E-state index in [1.807, 2.05) is 6.07 Å². The summed E-state index contributed by atoms with van der Waals surface area (Å²) in [5.41, 5.74) is 6.87. The third-order valence-corrected chi connectivity index (χ3v) is 5.91. The van der Waals surface area contributed by atoms with E-state index in [0.29, 0.717) is 10.6 Å². The van der Waals surface area contributed by atoms with E-state index >= 15 is 0 Å². The number of benzene rings is 1. The molecule has 28 heavy (non-hydrogen) atoms. The zero-order valence-corrected chi connectivity index (χ0v) is 15.9. The van der Waals surface area contributed by atoms with Gasteiger partial charge in [0.25, 0.3) is 11.8 Å². The first-order valence-corrected chi connectivity index (χ1v) is 9.96. The quantitative estimate of drug-likeness (QED) is 0.524. The number of carbonyl (C=O) groups is 2. The van der Waals surface area contributed by atoms with Gasteiger partial charge in [-0.3, -0.25) is 20.4 Å². The Balaban J connectivity index is 1.38. The van der Waals surface area contributed by atoms with Crippen molar-refractivity contribution in [1.82, 2.24) is 20.6 Å². The molecule has 2 N–H and O–H groups in total. The van der Waals surface area contributed by atoms with Gasteiger partial charge in [-0.05, 0) is 67.6 Å². The number of thiophene rings is 1. The molecule has 1 aliphatic rings. The Bertz CT molecular complexity index is 986. The van der Waals surface area contributed by atoms with Gasteiger partial charge in [0, 0.05) is 11.1 Å². The van der Waals surface area contributed by atoms with Crippen LogP contribution in [0.15, 0.2) is 42.6 Å². The third-order valence-electron chi connectivity index (χ3n) is 4.67. The van der Waals surface area contributed by atoms with Gasteiger partial charge in [0.15, 0.2) is 5.69 Å². The van der Waals surface area contributed by atoms with Crippen molar-refractivity contribution in [2.45, 2.75) is 32.1 Å². The van der Waals surface area contributed by atoms with Gasteiger partial charge in [0.2, 0.25) is 0 Å². The zero-order valence-electron chi connectivity index (χ0n) is 15.1. The second kappa shape index (κ2) is 7.93.